The minimum Gasteiger partial charge on any atom is -0.398 e. The van der Waals surface area contributed by atoms with Gasteiger partial charge in [-0.2, -0.15) is 0 Å². The van der Waals surface area contributed by atoms with Crippen LogP contribution in [0, 0.1) is 0 Å². The van der Waals surface area contributed by atoms with Crippen LogP contribution < -0.4 is 11.6 Å². The van der Waals surface area contributed by atoms with Crippen LogP contribution in [0.4, 0.5) is 5.69 Å². The first-order valence-corrected chi connectivity index (χ1v) is 5.98. The molecule has 17 heavy (non-hydrogen) atoms. The van der Waals surface area contributed by atoms with E-state index in [1.165, 1.54) is 13.1 Å². The number of amides is 1. The van der Waals surface area contributed by atoms with Gasteiger partial charge in [0.2, 0.25) is 0 Å². The fraction of sp³-hybridized carbons (Fsp3) is 0.417. The van der Waals surface area contributed by atoms with Crippen molar-refractivity contribution in [1.82, 2.24) is 5.01 Å². The number of halogens is 1. The summed E-state index contributed by atoms with van der Waals surface area (Å²) in [5.74, 6) is 4.93. The molecule has 98 valence electrons. The number of rotatable bonds is 1. The molecule has 0 saturated carbocycles. The predicted octanol–water partition coefficient (Wildman–Crippen LogP) is 2.92. The van der Waals surface area contributed by atoms with Crippen molar-refractivity contribution in [2.45, 2.75) is 27.7 Å². The number of hydrogen-bond donors (Lipinski definition) is 2. The Bertz CT molecular complexity index is 341. The summed E-state index contributed by atoms with van der Waals surface area (Å²) in [6.07, 6.45) is 0. The maximum atomic E-state index is 11.4. The zero-order chi connectivity index (χ0) is 14.0. The molecule has 0 heterocycles. The topological polar surface area (TPSA) is 72.3 Å². The number of nitrogen functional groups attached to an aromatic ring is 1. The van der Waals surface area contributed by atoms with Gasteiger partial charge >= 0.3 is 0 Å². The van der Waals surface area contributed by atoms with E-state index in [1.807, 2.05) is 27.7 Å². The fourth-order valence-corrected chi connectivity index (χ4v) is 1.10. The van der Waals surface area contributed by atoms with Gasteiger partial charge < -0.3 is 5.73 Å². The molecule has 4 N–H and O–H groups in total. The van der Waals surface area contributed by atoms with E-state index >= 15 is 0 Å². The zero-order valence-electron chi connectivity index (χ0n) is 11.1. The number of anilines is 1. The Kier molecular flexibility index (Phi) is 10.6. The highest BCUT2D eigenvalue weighted by Gasteiger charge is 2.11. The Balaban J connectivity index is 0. The Morgan fingerprint density at radius 2 is 1.71 bits per heavy atom. The van der Waals surface area contributed by atoms with Gasteiger partial charge in [0.05, 0.1) is 5.56 Å². The first-order valence-electron chi connectivity index (χ1n) is 5.60. The summed E-state index contributed by atoms with van der Waals surface area (Å²) in [6.45, 7) is 8.00. The average Bonchev–Trinajstić information content (AvgIpc) is 2.33. The molecule has 0 aromatic heterocycles. The van der Waals surface area contributed by atoms with E-state index in [9.17, 15) is 4.79 Å². The Morgan fingerprint density at radius 1 is 1.24 bits per heavy atom. The highest BCUT2D eigenvalue weighted by atomic mass is 35.5. The molecule has 4 nitrogen and oxygen atoms in total. The largest absolute Gasteiger partial charge is 0.398 e. The lowest BCUT2D eigenvalue weighted by Crippen LogP contribution is -2.33. The van der Waals surface area contributed by atoms with Gasteiger partial charge in [-0.3, -0.25) is 9.80 Å². The number of benzene rings is 1. The molecule has 0 unspecified atom stereocenters. The van der Waals surface area contributed by atoms with Gasteiger partial charge in [0.25, 0.3) is 5.91 Å². The van der Waals surface area contributed by atoms with Crippen LogP contribution in [0.1, 0.15) is 38.1 Å². The molecule has 0 aliphatic carbocycles. The maximum Gasteiger partial charge on any atom is 0.269 e. The molecule has 0 aliphatic heterocycles. The van der Waals surface area contributed by atoms with E-state index in [0.29, 0.717) is 16.3 Å². The van der Waals surface area contributed by atoms with Crippen molar-refractivity contribution in [2.24, 2.45) is 5.84 Å². The summed E-state index contributed by atoms with van der Waals surface area (Å²) >= 11 is 5.67. The van der Waals surface area contributed by atoms with Crippen LogP contribution in [-0.2, 0) is 0 Å². The van der Waals surface area contributed by atoms with E-state index in [1.54, 1.807) is 12.1 Å². The minimum absolute atomic E-state index is 0.329. The lowest BCUT2D eigenvalue weighted by atomic mass is 10.1. The van der Waals surface area contributed by atoms with E-state index in [-0.39, 0.29) is 5.91 Å². The molecule has 0 atom stereocenters. The van der Waals surface area contributed by atoms with Crippen molar-refractivity contribution in [3.05, 3.63) is 28.8 Å². The van der Waals surface area contributed by atoms with Crippen molar-refractivity contribution in [2.75, 3.05) is 12.8 Å². The minimum atomic E-state index is -0.339. The molecule has 0 spiro atoms. The van der Waals surface area contributed by atoms with Crippen molar-refractivity contribution >= 4 is 23.2 Å². The normalized spacial score (nSPS) is 8.18. The molecule has 1 aromatic rings. The first kappa shape index (κ1) is 18.1. The van der Waals surface area contributed by atoms with Crippen LogP contribution in [0.3, 0.4) is 0 Å². The van der Waals surface area contributed by atoms with Gasteiger partial charge in [0, 0.05) is 17.8 Å². The third-order valence-corrected chi connectivity index (χ3v) is 1.80. The standard InChI is InChI=1S/C8H10ClN3O.2C2H6/c1-12(11)8(13)6-3-2-5(9)4-7(6)10;2*1-2/h2-4H,10-11H2,1H3;2*1-2H3. The van der Waals surface area contributed by atoms with Gasteiger partial charge in [-0.15, -0.1) is 0 Å². The SMILES string of the molecule is CC.CC.CN(N)C(=O)c1ccc(Cl)cc1N. The van der Waals surface area contributed by atoms with Crippen LogP contribution in [-0.4, -0.2) is 18.0 Å². The molecule has 0 aliphatic rings. The second-order valence-corrected chi connectivity index (χ2v) is 3.08. The summed E-state index contributed by atoms with van der Waals surface area (Å²) in [5, 5.41) is 1.47. The Hall–Kier alpha value is -1.26. The van der Waals surface area contributed by atoms with Crippen LogP contribution in [0.5, 0.6) is 0 Å². The average molecular weight is 260 g/mol. The number of hydrogen-bond acceptors (Lipinski definition) is 3. The monoisotopic (exact) mass is 259 g/mol. The number of carbonyl (C=O) groups is 1. The third-order valence-electron chi connectivity index (χ3n) is 1.56. The van der Waals surface area contributed by atoms with Crippen molar-refractivity contribution < 1.29 is 4.79 Å². The van der Waals surface area contributed by atoms with Gasteiger partial charge in [-0.1, -0.05) is 39.3 Å². The van der Waals surface area contributed by atoms with Crippen LogP contribution in [0.15, 0.2) is 18.2 Å². The second kappa shape index (κ2) is 9.93. The molecule has 0 saturated heterocycles. The van der Waals surface area contributed by atoms with E-state index in [0.717, 1.165) is 5.01 Å². The molecular formula is C12H22ClN3O. The smallest absolute Gasteiger partial charge is 0.269 e. The summed E-state index contributed by atoms with van der Waals surface area (Å²) in [4.78, 5) is 11.4. The third kappa shape index (κ3) is 6.14. The number of hydrazine groups is 1. The lowest BCUT2D eigenvalue weighted by Gasteiger charge is -2.11. The summed E-state index contributed by atoms with van der Waals surface area (Å²) in [6, 6.07) is 4.65. The number of nitrogens with zero attached hydrogens (tertiary/aromatic N) is 1. The Labute approximate surface area is 109 Å². The molecule has 1 rings (SSSR count). The summed E-state index contributed by atoms with van der Waals surface area (Å²) in [7, 11) is 1.45. The Morgan fingerprint density at radius 3 is 2.06 bits per heavy atom. The predicted molar refractivity (Wildman–Crippen MR) is 74.8 cm³/mol. The summed E-state index contributed by atoms with van der Waals surface area (Å²) in [5.41, 5.74) is 6.26. The van der Waals surface area contributed by atoms with E-state index in [4.69, 9.17) is 23.2 Å². The highest BCUT2D eigenvalue weighted by Crippen LogP contribution is 2.18. The quantitative estimate of drug-likeness (QED) is 0.353. The highest BCUT2D eigenvalue weighted by molar-refractivity contribution is 6.31. The molecule has 5 heteroatoms. The second-order valence-electron chi connectivity index (χ2n) is 2.65. The van der Waals surface area contributed by atoms with Crippen LogP contribution in [0.2, 0.25) is 5.02 Å². The van der Waals surface area contributed by atoms with Crippen molar-refractivity contribution in [1.29, 1.82) is 0 Å². The van der Waals surface area contributed by atoms with E-state index < -0.39 is 0 Å². The van der Waals surface area contributed by atoms with Gasteiger partial charge in [-0.25, -0.2) is 5.84 Å². The number of nitrogens with two attached hydrogens (primary N) is 2. The molecule has 0 fully saturated rings. The molecule has 1 aromatic carbocycles. The fourth-order valence-electron chi connectivity index (χ4n) is 0.918. The lowest BCUT2D eigenvalue weighted by molar-refractivity contribution is 0.0796. The first-order chi connectivity index (χ1) is 8.02. The van der Waals surface area contributed by atoms with Crippen molar-refractivity contribution in [3.63, 3.8) is 0 Å². The van der Waals surface area contributed by atoms with Crippen molar-refractivity contribution in [3.8, 4) is 0 Å². The van der Waals surface area contributed by atoms with Gasteiger partial charge in [0.15, 0.2) is 0 Å². The molecular weight excluding hydrogens is 238 g/mol. The van der Waals surface area contributed by atoms with Gasteiger partial charge in [-0.05, 0) is 18.2 Å². The molecule has 1 amide bonds. The zero-order valence-corrected chi connectivity index (χ0v) is 11.9. The molecule has 0 bridgehead atoms. The maximum absolute atomic E-state index is 11.4. The van der Waals surface area contributed by atoms with Crippen LogP contribution in [0.25, 0.3) is 0 Å². The number of carbonyl (C=O) groups excluding carboxylic acids is 1. The molecule has 0 radical (unpaired) electrons. The summed E-state index contributed by atoms with van der Waals surface area (Å²) < 4.78 is 0. The van der Waals surface area contributed by atoms with Gasteiger partial charge in [0.1, 0.15) is 0 Å². The van der Waals surface area contributed by atoms with Crippen LogP contribution >= 0.6 is 11.6 Å². The van der Waals surface area contributed by atoms with E-state index in [2.05, 4.69) is 0 Å².